The first-order valence-corrected chi connectivity index (χ1v) is 9.77. The number of benzene rings is 2. The summed E-state index contributed by atoms with van der Waals surface area (Å²) in [7, 11) is 0. The van der Waals surface area contributed by atoms with Gasteiger partial charge in [0, 0.05) is 32.1 Å². The summed E-state index contributed by atoms with van der Waals surface area (Å²) in [5, 5.41) is 2.88. The lowest BCUT2D eigenvalue weighted by atomic mass is 9.84. The molecule has 0 aromatic heterocycles. The number of nitrogens with one attached hydrogen (secondary N) is 1. The molecule has 0 unspecified atom stereocenters. The summed E-state index contributed by atoms with van der Waals surface area (Å²) >= 11 is 0. The highest BCUT2D eigenvalue weighted by atomic mass is 16.6. The van der Waals surface area contributed by atoms with Gasteiger partial charge in [0.1, 0.15) is 6.61 Å². The maximum atomic E-state index is 12.6. The van der Waals surface area contributed by atoms with Gasteiger partial charge < -0.3 is 19.9 Å². The summed E-state index contributed by atoms with van der Waals surface area (Å²) in [6.45, 7) is 2.68. The van der Waals surface area contributed by atoms with Gasteiger partial charge in [-0.3, -0.25) is 0 Å². The third-order valence-electron chi connectivity index (χ3n) is 5.56. The first kappa shape index (κ1) is 18.3. The van der Waals surface area contributed by atoms with Crippen molar-refractivity contribution in [2.24, 2.45) is 0 Å². The number of piperidine rings is 1. The summed E-state index contributed by atoms with van der Waals surface area (Å²) < 4.78 is 5.51. The van der Waals surface area contributed by atoms with Crippen molar-refractivity contribution in [2.45, 2.75) is 25.0 Å². The standard InChI is InChI=1S/C22H25N3O3/c26-21-23-12-14-25(21)20-15-24(13-11-19(20)18-9-5-2-6-10-18)22(27)28-16-17-7-3-1-4-8-17/h1-10,19-20H,11-16H2,(H,23,26)/t19-,20+/m0/s1. The van der Waals surface area contributed by atoms with Crippen molar-refractivity contribution in [1.82, 2.24) is 15.1 Å². The molecule has 6 nitrogen and oxygen atoms in total. The van der Waals surface area contributed by atoms with Crippen LogP contribution < -0.4 is 5.32 Å². The van der Waals surface area contributed by atoms with E-state index in [0.29, 0.717) is 26.2 Å². The summed E-state index contributed by atoms with van der Waals surface area (Å²) in [5.74, 6) is 0.211. The maximum absolute atomic E-state index is 12.6. The van der Waals surface area contributed by atoms with Crippen LogP contribution in [0.1, 0.15) is 23.5 Å². The molecule has 0 radical (unpaired) electrons. The first-order chi connectivity index (χ1) is 13.7. The van der Waals surface area contributed by atoms with E-state index in [2.05, 4.69) is 17.4 Å². The van der Waals surface area contributed by atoms with Crippen LogP contribution in [0.4, 0.5) is 9.59 Å². The number of hydrogen-bond donors (Lipinski definition) is 1. The number of likely N-dealkylation sites (tertiary alicyclic amines) is 1. The molecule has 4 rings (SSSR count). The second kappa shape index (κ2) is 8.33. The molecule has 2 aromatic carbocycles. The van der Waals surface area contributed by atoms with Gasteiger partial charge >= 0.3 is 12.1 Å². The van der Waals surface area contributed by atoms with Crippen LogP contribution >= 0.6 is 0 Å². The normalized spacial score (nSPS) is 22.1. The van der Waals surface area contributed by atoms with Gasteiger partial charge in [0.15, 0.2) is 0 Å². The van der Waals surface area contributed by atoms with Gasteiger partial charge in [0.2, 0.25) is 0 Å². The summed E-state index contributed by atoms with van der Waals surface area (Å²) in [6, 6.07) is 19.8. The molecule has 1 N–H and O–H groups in total. The molecule has 0 aliphatic carbocycles. The van der Waals surface area contributed by atoms with Gasteiger partial charge in [-0.25, -0.2) is 9.59 Å². The van der Waals surface area contributed by atoms with Crippen LogP contribution in [0.5, 0.6) is 0 Å². The Hall–Kier alpha value is -3.02. The molecule has 2 aromatic rings. The quantitative estimate of drug-likeness (QED) is 0.887. The third kappa shape index (κ3) is 3.96. The Bertz CT molecular complexity index is 812. The van der Waals surface area contributed by atoms with Crippen molar-refractivity contribution in [3.63, 3.8) is 0 Å². The van der Waals surface area contributed by atoms with E-state index in [1.807, 2.05) is 53.4 Å². The Labute approximate surface area is 165 Å². The minimum absolute atomic E-state index is 0.0505. The summed E-state index contributed by atoms with van der Waals surface area (Å²) in [4.78, 5) is 28.6. The van der Waals surface area contributed by atoms with Gasteiger partial charge in [-0.15, -0.1) is 0 Å². The van der Waals surface area contributed by atoms with Gasteiger partial charge in [-0.1, -0.05) is 60.7 Å². The Morgan fingerprint density at radius 3 is 2.43 bits per heavy atom. The number of amides is 3. The second-order valence-electron chi connectivity index (χ2n) is 7.28. The third-order valence-corrected chi connectivity index (χ3v) is 5.56. The molecule has 2 atom stereocenters. The van der Waals surface area contributed by atoms with E-state index in [1.54, 1.807) is 4.90 Å². The van der Waals surface area contributed by atoms with Crippen LogP contribution in [0.25, 0.3) is 0 Å². The fourth-order valence-electron chi connectivity index (χ4n) is 4.12. The lowest BCUT2D eigenvalue weighted by Gasteiger charge is -2.42. The zero-order valence-corrected chi connectivity index (χ0v) is 15.8. The number of hydrogen-bond acceptors (Lipinski definition) is 3. The minimum Gasteiger partial charge on any atom is -0.445 e. The zero-order chi connectivity index (χ0) is 19.3. The number of nitrogens with zero attached hydrogens (tertiary/aromatic N) is 2. The molecule has 0 saturated carbocycles. The second-order valence-corrected chi connectivity index (χ2v) is 7.28. The number of carbonyl (C=O) groups excluding carboxylic acids is 2. The highest BCUT2D eigenvalue weighted by Gasteiger charge is 2.39. The molecule has 2 saturated heterocycles. The lowest BCUT2D eigenvalue weighted by molar-refractivity contribution is 0.0647. The Morgan fingerprint density at radius 2 is 1.75 bits per heavy atom. The molecule has 2 heterocycles. The van der Waals surface area contributed by atoms with Crippen molar-refractivity contribution in [3.8, 4) is 0 Å². The van der Waals surface area contributed by atoms with E-state index in [-0.39, 0.29) is 30.7 Å². The molecule has 3 amide bonds. The van der Waals surface area contributed by atoms with E-state index in [9.17, 15) is 9.59 Å². The monoisotopic (exact) mass is 379 g/mol. The molecule has 2 aliphatic heterocycles. The van der Waals surface area contributed by atoms with Crippen LogP contribution in [-0.4, -0.2) is 54.1 Å². The highest BCUT2D eigenvalue weighted by molar-refractivity contribution is 5.77. The van der Waals surface area contributed by atoms with E-state index in [0.717, 1.165) is 12.0 Å². The molecule has 2 fully saturated rings. The SMILES string of the molecule is O=C(OCc1ccccc1)N1CC[C@@H](c2ccccc2)[C@H](N2CCNC2=O)C1. The Balaban J connectivity index is 1.46. The molecular formula is C22H25N3O3. The Kier molecular flexibility index (Phi) is 5.46. The van der Waals surface area contributed by atoms with E-state index >= 15 is 0 Å². The predicted molar refractivity (Wildman–Crippen MR) is 106 cm³/mol. The minimum atomic E-state index is -0.319. The average Bonchev–Trinajstić information content (AvgIpc) is 3.18. The van der Waals surface area contributed by atoms with Crippen LogP contribution in [-0.2, 0) is 11.3 Å². The van der Waals surface area contributed by atoms with Crippen molar-refractivity contribution >= 4 is 12.1 Å². The van der Waals surface area contributed by atoms with Crippen LogP contribution in [0, 0.1) is 0 Å². The molecule has 0 bridgehead atoms. The van der Waals surface area contributed by atoms with Gasteiger partial charge in [0.25, 0.3) is 0 Å². The van der Waals surface area contributed by atoms with Gasteiger partial charge in [-0.2, -0.15) is 0 Å². The first-order valence-electron chi connectivity index (χ1n) is 9.77. The van der Waals surface area contributed by atoms with Crippen LogP contribution in [0.3, 0.4) is 0 Å². The van der Waals surface area contributed by atoms with Crippen molar-refractivity contribution in [2.75, 3.05) is 26.2 Å². The number of ether oxygens (including phenoxy) is 1. The molecule has 146 valence electrons. The van der Waals surface area contributed by atoms with Crippen LogP contribution in [0.2, 0.25) is 0 Å². The number of urea groups is 1. The highest BCUT2D eigenvalue weighted by Crippen LogP contribution is 2.32. The van der Waals surface area contributed by atoms with E-state index in [4.69, 9.17) is 4.74 Å². The van der Waals surface area contributed by atoms with Crippen molar-refractivity contribution in [1.29, 1.82) is 0 Å². The number of carbonyl (C=O) groups is 2. The molecule has 6 heteroatoms. The fraction of sp³-hybridized carbons (Fsp3) is 0.364. The van der Waals surface area contributed by atoms with Gasteiger partial charge in [-0.05, 0) is 17.5 Å². The van der Waals surface area contributed by atoms with Gasteiger partial charge in [0.05, 0.1) is 6.04 Å². The fourth-order valence-corrected chi connectivity index (χ4v) is 4.12. The van der Waals surface area contributed by atoms with Crippen molar-refractivity contribution in [3.05, 3.63) is 71.8 Å². The van der Waals surface area contributed by atoms with E-state index in [1.165, 1.54) is 5.56 Å². The molecule has 28 heavy (non-hydrogen) atoms. The lowest BCUT2D eigenvalue weighted by Crippen LogP contribution is -2.54. The zero-order valence-electron chi connectivity index (χ0n) is 15.8. The Morgan fingerprint density at radius 1 is 1.04 bits per heavy atom. The number of rotatable bonds is 4. The topological polar surface area (TPSA) is 61.9 Å². The van der Waals surface area contributed by atoms with Crippen LogP contribution in [0.15, 0.2) is 60.7 Å². The maximum Gasteiger partial charge on any atom is 0.410 e. The largest absolute Gasteiger partial charge is 0.445 e. The predicted octanol–water partition coefficient (Wildman–Crippen LogP) is 3.21. The van der Waals surface area contributed by atoms with Crippen molar-refractivity contribution < 1.29 is 14.3 Å². The summed E-state index contributed by atoms with van der Waals surface area (Å²) in [6.07, 6.45) is 0.485. The average molecular weight is 379 g/mol. The molecule has 0 spiro atoms. The van der Waals surface area contributed by atoms with E-state index < -0.39 is 0 Å². The summed E-state index contributed by atoms with van der Waals surface area (Å²) in [5.41, 5.74) is 2.18. The molecular weight excluding hydrogens is 354 g/mol. The molecule has 2 aliphatic rings. The smallest absolute Gasteiger partial charge is 0.410 e.